The average Bonchev–Trinajstić information content (AvgIpc) is 2.39. The number of carbonyl (C=O) groups is 1. The zero-order valence-corrected chi connectivity index (χ0v) is 12.8. The lowest BCUT2D eigenvalue weighted by Gasteiger charge is -2.24. The predicted octanol–water partition coefficient (Wildman–Crippen LogP) is 3.53. The van der Waals surface area contributed by atoms with Gasteiger partial charge in [-0.3, -0.25) is 0 Å². The Morgan fingerprint density at radius 3 is 1.42 bits per heavy atom. The summed E-state index contributed by atoms with van der Waals surface area (Å²) in [7, 11) is 0. The van der Waals surface area contributed by atoms with E-state index in [1.807, 2.05) is 0 Å². The molecule has 0 saturated carbocycles. The van der Waals surface area contributed by atoms with Crippen molar-refractivity contribution < 1.29 is 15.0 Å². The number of halogens is 2. The highest BCUT2D eigenvalue weighted by Gasteiger charge is 2.40. The summed E-state index contributed by atoms with van der Waals surface area (Å²) >= 11 is 6.56. The minimum Gasteiger partial charge on any atom is -0.479 e. The van der Waals surface area contributed by atoms with Crippen molar-refractivity contribution in [1.29, 1.82) is 0 Å². The Balaban J connectivity index is 2.57. The molecule has 0 spiro atoms. The van der Waals surface area contributed by atoms with Crippen LogP contribution in [0.2, 0.25) is 0 Å². The number of carboxylic acid groups (broad SMARTS) is 1. The van der Waals surface area contributed by atoms with Crippen molar-refractivity contribution in [2.45, 2.75) is 5.60 Å². The van der Waals surface area contributed by atoms with Crippen molar-refractivity contribution in [2.75, 3.05) is 0 Å². The van der Waals surface area contributed by atoms with Gasteiger partial charge in [0.05, 0.1) is 0 Å². The molecule has 2 rings (SSSR count). The monoisotopic (exact) mass is 384 g/mol. The van der Waals surface area contributed by atoms with Gasteiger partial charge in [-0.1, -0.05) is 56.1 Å². The lowest BCUT2D eigenvalue weighted by Crippen LogP contribution is -2.36. The quantitative estimate of drug-likeness (QED) is 0.849. The molecule has 2 aromatic carbocycles. The zero-order chi connectivity index (χ0) is 14.0. The molecule has 0 unspecified atom stereocenters. The standard InChI is InChI=1S/C14H10Br2O3/c15-11-5-1-9(2-6-11)14(19,13(17)18)10-3-7-12(16)8-4-10/h1-8,19H,(H,17,18). The first kappa shape index (κ1) is 14.2. The molecule has 2 N–H and O–H groups in total. The van der Waals surface area contributed by atoms with E-state index in [0.29, 0.717) is 11.1 Å². The maximum absolute atomic E-state index is 11.5. The van der Waals surface area contributed by atoms with Crippen LogP contribution in [-0.4, -0.2) is 16.2 Å². The molecular formula is C14H10Br2O3. The topological polar surface area (TPSA) is 57.5 Å². The summed E-state index contributed by atoms with van der Waals surface area (Å²) in [6.07, 6.45) is 0. The van der Waals surface area contributed by atoms with Gasteiger partial charge in [-0.05, 0) is 35.4 Å². The molecule has 2 aromatic rings. The van der Waals surface area contributed by atoms with E-state index in [9.17, 15) is 15.0 Å². The van der Waals surface area contributed by atoms with Crippen molar-refractivity contribution in [2.24, 2.45) is 0 Å². The van der Waals surface area contributed by atoms with Crippen molar-refractivity contribution in [3.05, 3.63) is 68.6 Å². The third-order valence-corrected chi connectivity index (χ3v) is 3.89. The Labute approximate surface area is 127 Å². The lowest BCUT2D eigenvalue weighted by atomic mass is 9.86. The summed E-state index contributed by atoms with van der Waals surface area (Å²) in [5, 5.41) is 20.0. The van der Waals surface area contributed by atoms with E-state index in [1.54, 1.807) is 48.5 Å². The highest BCUT2D eigenvalue weighted by atomic mass is 79.9. The summed E-state index contributed by atoms with van der Waals surface area (Å²) in [6.45, 7) is 0. The van der Waals surface area contributed by atoms with E-state index in [0.717, 1.165) is 8.95 Å². The fourth-order valence-electron chi connectivity index (χ4n) is 1.80. The highest BCUT2D eigenvalue weighted by molar-refractivity contribution is 9.10. The highest BCUT2D eigenvalue weighted by Crippen LogP contribution is 2.31. The van der Waals surface area contributed by atoms with Crippen LogP contribution in [0.1, 0.15) is 11.1 Å². The number of hydrogen-bond acceptors (Lipinski definition) is 2. The number of aliphatic carboxylic acids is 1. The van der Waals surface area contributed by atoms with Crippen LogP contribution in [0.3, 0.4) is 0 Å². The van der Waals surface area contributed by atoms with Gasteiger partial charge in [0.1, 0.15) is 0 Å². The summed E-state index contributed by atoms with van der Waals surface area (Å²) in [5.74, 6) is -1.31. The van der Waals surface area contributed by atoms with E-state index in [4.69, 9.17) is 0 Å². The van der Waals surface area contributed by atoms with Crippen molar-refractivity contribution in [3.63, 3.8) is 0 Å². The van der Waals surface area contributed by atoms with Gasteiger partial charge in [0.25, 0.3) is 0 Å². The van der Waals surface area contributed by atoms with Crippen LogP contribution in [0.25, 0.3) is 0 Å². The third-order valence-electron chi connectivity index (χ3n) is 2.83. The lowest BCUT2D eigenvalue weighted by molar-refractivity contribution is -0.155. The van der Waals surface area contributed by atoms with Crippen LogP contribution >= 0.6 is 31.9 Å². The fraction of sp³-hybridized carbons (Fsp3) is 0.0714. The normalized spacial score (nSPS) is 11.3. The second kappa shape index (κ2) is 5.45. The fourth-order valence-corrected chi connectivity index (χ4v) is 2.32. The van der Waals surface area contributed by atoms with Gasteiger partial charge in [-0.15, -0.1) is 0 Å². The maximum Gasteiger partial charge on any atom is 0.345 e. The molecule has 0 saturated heterocycles. The molecule has 0 aliphatic heterocycles. The van der Waals surface area contributed by atoms with Crippen LogP contribution in [0.5, 0.6) is 0 Å². The second-order valence-corrected chi connectivity index (χ2v) is 5.86. The molecule has 5 heteroatoms. The number of aliphatic hydroxyl groups is 1. The van der Waals surface area contributed by atoms with Crippen LogP contribution in [0.15, 0.2) is 57.5 Å². The van der Waals surface area contributed by atoms with E-state index >= 15 is 0 Å². The van der Waals surface area contributed by atoms with E-state index < -0.39 is 11.6 Å². The number of carboxylic acids is 1. The Hall–Kier alpha value is -1.17. The summed E-state index contributed by atoms with van der Waals surface area (Å²) in [5.41, 5.74) is -1.43. The van der Waals surface area contributed by atoms with E-state index in [2.05, 4.69) is 31.9 Å². The molecule has 0 fully saturated rings. The Morgan fingerprint density at radius 1 is 0.842 bits per heavy atom. The zero-order valence-electron chi connectivity index (χ0n) is 9.68. The van der Waals surface area contributed by atoms with Gasteiger partial charge in [-0.2, -0.15) is 0 Å². The first-order valence-electron chi connectivity index (χ1n) is 5.42. The number of rotatable bonds is 3. The summed E-state index contributed by atoms with van der Waals surface area (Å²) < 4.78 is 1.64. The van der Waals surface area contributed by atoms with Crippen LogP contribution < -0.4 is 0 Å². The minimum atomic E-state index is -2.05. The molecule has 0 aromatic heterocycles. The van der Waals surface area contributed by atoms with Gasteiger partial charge in [0, 0.05) is 8.95 Å². The smallest absolute Gasteiger partial charge is 0.345 e. The molecule has 98 valence electrons. The first-order chi connectivity index (χ1) is 8.94. The molecule has 3 nitrogen and oxygen atoms in total. The Kier molecular flexibility index (Phi) is 4.08. The van der Waals surface area contributed by atoms with Gasteiger partial charge in [0.15, 0.2) is 0 Å². The SMILES string of the molecule is O=C(O)C(O)(c1ccc(Br)cc1)c1ccc(Br)cc1. The largest absolute Gasteiger partial charge is 0.479 e. The minimum absolute atomic E-state index is 0.311. The number of hydrogen-bond donors (Lipinski definition) is 2. The van der Waals surface area contributed by atoms with E-state index in [-0.39, 0.29) is 0 Å². The van der Waals surface area contributed by atoms with Crippen molar-refractivity contribution >= 4 is 37.8 Å². The van der Waals surface area contributed by atoms with Crippen molar-refractivity contribution in [1.82, 2.24) is 0 Å². The molecule has 0 radical (unpaired) electrons. The van der Waals surface area contributed by atoms with Gasteiger partial charge >= 0.3 is 5.97 Å². The summed E-state index contributed by atoms with van der Waals surface area (Å²) in [6, 6.07) is 13.1. The Morgan fingerprint density at radius 2 is 1.16 bits per heavy atom. The van der Waals surface area contributed by atoms with E-state index in [1.165, 1.54) is 0 Å². The first-order valence-corrected chi connectivity index (χ1v) is 7.01. The third kappa shape index (κ3) is 2.73. The second-order valence-electron chi connectivity index (χ2n) is 4.03. The molecular weight excluding hydrogens is 376 g/mol. The van der Waals surface area contributed by atoms with Crippen LogP contribution in [-0.2, 0) is 10.4 Å². The van der Waals surface area contributed by atoms with Gasteiger partial charge < -0.3 is 10.2 Å². The Bertz CT molecular complexity index is 546. The van der Waals surface area contributed by atoms with Gasteiger partial charge in [0.2, 0.25) is 5.60 Å². The van der Waals surface area contributed by atoms with Crippen LogP contribution in [0, 0.1) is 0 Å². The maximum atomic E-state index is 11.5. The molecule has 0 bridgehead atoms. The van der Waals surface area contributed by atoms with Crippen LogP contribution in [0.4, 0.5) is 0 Å². The molecule has 0 amide bonds. The predicted molar refractivity (Wildman–Crippen MR) is 78.9 cm³/mol. The molecule has 0 heterocycles. The average molecular weight is 386 g/mol. The van der Waals surface area contributed by atoms with Crippen molar-refractivity contribution in [3.8, 4) is 0 Å². The molecule has 0 aliphatic rings. The molecule has 0 aliphatic carbocycles. The molecule has 19 heavy (non-hydrogen) atoms. The number of benzene rings is 2. The molecule has 0 atom stereocenters. The summed E-state index contributed by atoms with van der Waals surface area (Å²) in [4.78, 5) is 11.5. The van der Waals surface area contributed by atoms with Gasteiger partial charge in [-0.25, -0.2) is 4.79 Å².